The van der Waals surface area contributed by atoms with Crippen LogP contribution in [0.15, 0.2) is 24.3 Å². The molecule has 2 rings (SSSR count). The summed E-state index contributed by atoms with van der Waals surface area (Å²) in [5.41, 5.74) is -0.123. The summed E-state index contributed by atoms with van der Waals surface area (Å²) in [5, 5.41) is 12.3. The minimum Gasteiger partial charge on any atom is -0.494 e. The molecule has 0 radical (unpaired) electrons. The molecule has 20 heavy (non-hydrogen) atoms. The third-order valence-electron chi connectivity index (χ3n) is 3.70. The van der Waals surface area contributed by atoms with Crippen molar-refractivity contribution in [3.63, 3.8) is 0 Å². The first-order valence-corrected chi connectivity index (χ1v) is 7.16. The molecule has 0 heterocycles. The minimum atomic E-state index is -0.687. The molecule has 106 valence electrons. The fraction of sp³-hybridized carbons (Fsp3) is 0.500. The zero-order valence-corrected chi connectivity index (χ0v) is 11.8. The summed E-state index contributed by atoms with van der Waals surface area (Å²) in [7, 11) is 0. The van der Waals surface area contributed by atoms with Gasteiger partial charge >= 0.3 is 0 Å². The van der Waals surface area contributed by atoms with Gasteiger partial charge in [-0.2, -0.15) is 5.26 Å². The molecule has 0 spiro atoms. The highest BCUT2D eigenvalue weighted by Crippen LogP contribution is 2.28. The molecule has 1 amide bonds. The maximum atomic E-state index is 12.2. The van der Waals surface area contributed by atoms with Crippen LogP contribution in [0.1, 0.15) is 49.4 Å². The Morgan fingerprint density at radius 1 is 1.30 bits per heavy atom. The molecule has 1 saturated carbocycles. The topological polar surface area (TPSA) is 62.1 Å². The number of benzene rings is 1. The Balaban J connectivity index is 2.05. The van der Waals surface area contributed by atoms with Crippen molar-refractivity contribution in [2.45, 2.75) is 44.6 Å². The summed E-state index contributed by atoms with van der Waals surface area (Å²) in [6.45, 7) is 2.52. The fourth-order valence-corrected chi connectivity index (χ4v) is 2.58. The molecule has 1 aromatic carbocycles. The molecule has 1 aliphatic carbocycles. The standard InChI is InChI=1S/C16H20N2O2/c1-2-20-14-8-6-13(7-9-14)15(19)18-16(12-17)10-4-3-5-11-16/h6-9H,2-5,10-11H2,1H3,(H,18,19). The van der Waals surface area contributed by atoms with Crippen molar-refractivity contribution in [2.24, 2.45) is 0 Å². The molecule has 4 nitrogen and oxygen atoms in total. The fourth-order valence-electron chi connectivity index (χ4n) is 2.58. The SMILES string of the molecule is CCOc1ccc(C(=O)NC2(C#N)CCCCC2)cc1. The van der Waals surface area contributed by atoms with E-state index in [2.05, 4.69) is 11.4 Å². The average molecular weight is 272 g/mol. The van der Waals surface area contributed by atoms with Crippen LogP contribution in [0.4, 0.5) is 0 Å². The van der Waals surface area contributed by atoms with Crippen LogP contribution in [0.3, 0.4) is 0 Å². The lowest BCUT2D eigenvalue weighted by Crippen LogP contribution is -2.48. The number of hydrogen-bond acceptors (Lipinski definition) is 3. The Labute approximate surface area is 119 Å². The first-order valence-electron chi connectivity index (χ1n) is 7.16. The number of carbonyl (C=O) groups excluding carboxylic acids is 1. The number of nitrogens with one attached hydrogen (secondary N) is 1. The number of nitriles is 1. The molecule has 0 saturated heterocycles. The van der Waals surface area contributed by atoms with Gasteiger partial charge in [0.05, 0.1) is 12.7 Å². The number of nitrogens with zero attached hydrogens (tertiary/aromatic N) is 1. The van der Waals surface area contributed by atoms with Crippen molar-refractivity contribution in [3.05, 3.63) is 29.8 Å². The van der Waals surface area contributed by atoms with Crippen LogP contribution >= 0.6 is 0 Å². The summed E-state index contributed by atoms with van der Waals surface area (Å²) in [5.74, 6) is 0.563. The van der Waals surface area contributed by atoms with Crippen molar-refractivity contribution < 1.29 is 9.53 Å². The smallest absolute Gasteiger partial charge is 0.252 e. The Kier molecular flexibility index (Phi) is 4.62. The van der Waals surface area contributed by atoms with Gasteiger partial charge in [-0.1, -0.05) is 19.3 Å². The first kappa shape index (κ1) is 14.4. The molecular formula is C16H20N2O2. The van der Waals surface area contributed by atoms with Gasteiger partial charge in [-0.15, -0.1) is 0 Å². The molecule has 0 bridgehead atoms. The molecule has 1 aliphatic rings. The Hall–Kier alpha value is -2.02. The van der Waals surface area contributed by atoms with Crippen LogP contribution in [-0.4, -0.2) is 18.1 Å². The average Bonchev–Trinajstić information content (AvgIpc) is 2.49. The summed E-state index contributed by atoms with van der Waals surface area (Å²) < 4.78 is 5.35. The van der Waals surface area contributed by atoms with E-state index in [4.69, 9.17) is 4.74 Å². The molecule has 1 aromatic rings. The second-order valence-electron chi connectivity index (χ2n) is 5.17. The molecule has 4 heteroatoms. The van der Waals surface area contributed by atoms with E-state index in [9.17, 15) is 10.1 Å². The predicted molar refractivity (Wildman–Crippen MR) is 76.5 cm³/mol. The van der Waals surface area contributed by atoms with Crippen LogP contribution in [0.25, 0.3) is 0 Å². The molecule has 0 atom stereocenters. The van der Waals surface area contributed by atoms with Crippen molar-refractivity contribution in [1.29, 1.82) is 5.26 Å². The van der Waals surface area contributed by atoms with Gasteiger partial charge < -0.3 is 10.1 Å². The number of carbonyl (C=O) groups is 1. The minimum absolute atomic E-state index is 0.184. The second-order valence-corrected chi connectivity index (χ2v) is 5.17. The molecule has 0 unspecified atom stereocenters. The monoisotopic (exact) mass is 272 g/mol. The lowest BCUT2D eigenvalue weighted by Gasteiger charge is -2.31. The van der Waals surface area contributed by atoms with Crippen LogP contribution < -0.4 is 10.1 Å². The van der Waals surface area contributed by atoms with Gasteiger partial charge in [0.1, 0.15) is 11.3 Å². The lowest BCUT2D eigenvalue weighted by atomic mass is 9.82. The maximum absolute atomic E-state index is 12.2. The Morgan fingerprint density at radius 3 is 2.50 bits per heavy atom. The lowest BCUT2D eigenvalue weighted by molar-refractivity contribution is 0.0902. The van der Waals surface area contributed by atoms with Gasteiger partial charge in [-0.25, -0.2) is 0 Å². The highest BCUT2D eigenvalue weighted by atomic mass is 16.5. The highest BCUT2D eigenvalue weighted by Gasteiger charge is 2.33. The second kappa shape index (κ2) is 6.42. The van der Waals surface area contributed by atoms with Gasteiger partial charge in [0.25, 0.3) is 5.91 Å². The van der Waals surface area contributed by atoms with Gasteiger partial charge in [0.15, 0.2) is 0 Å². The predicted octanol–water partition coefficient (Wildman–Crippen LogP) is 3.04. The summed E-state index contributed by atoms with van der Waals surface area (Å²) in [4.78, 5) is 12.2. The zero-order chi connectivity index (χ0) is 14.4. The Bertz CT molecular complexity index is 496. The number of rotatable bonds is 4. The van der Waals surface area contributed by atoms with Gasteiger partial charge in [-0.3, -0.25) is 4.79 Å². The van der Waals surface area contributed by atoms with Crippen LogP contribution in [0.5, 0.6) is 5.75 Å². The first-order chi connectivity index (χ1) is 9.69. The third-order valence-corrected chi connectivity index (χ3v) is 3.70. The van der Waals surface area contributed by atoms with Crippen LogP contribution in [0, 0.1) is 11.3 Å². The van der Waals surface area contributed by atoms with Crippen molar-refractivity contribution in [1.82, 2.24) is 5.32 Å². The van der Waals surface area contributed by atoms with E-state index in [-0.39, 0.29) is 5.91 Å². The normalized spacial score (nSPS) is 17.0. The zero-order valence-electron chi connectivity index (χ0n) is 11.8. The van der Waals surface area contributed by atoms with E-state index in [0.29, 0.717) is 12.2 Å². The van der Waals surface area contributed by atoms with E-state index < -0.39 is 5.54 Å². The van der Waals surface area contributed by atoms with Gasteiger partial charge in [0.2, 0.25) is 0 Å². The number of hydrogen-bond donors (Lipinski definition) is 1. The van der Waals surface area contributed by atoms with Crippen LogP contribution in [0.2, 0.25) is 0 Å². The van der Waals surface area contributed by atoms with E-state index in [1.807, 2.05) is 6.92 Å². The summed E-state index contributed by atoms with van der Waals surface area (Å²) >= 11 is 0. The van der Waals surface area contributed by atoms with Crippen LogP contribution in [-0.2, 0) is 0 Å². The third kappa shape index (κ3) is 3.30. The van der Waals surface area contributed by atoms with Gasteiger partial charge in [-0.05, 0) is 44.0 Å². The highest BCUT2D eigenvalue weighted by molar-refractivity contribution is 5.95. The van der Waals surface area contributed by atoms with Crippen molar-refractivity contribution in [2.75, 3.05) is 6.61 Å². The molecule has 1 fully saturated rings. The quantitative estimate of drug-likeness (QED) is 0.916. The largest absolute Gasteiger partial charge is 0.494 e. The molecule has 0 aliphatic heterocycles. The van der Waals surface area contributed by atoms with E-state index in [1.165, 1.54) is 0 Å². The summed E-state index contributed by atoms with van der Waals surface area (Å²) in [6.07, 6.45) is 4.62. The molecular weight excluding hydrogens is 252 g/mol. The molecule has 1 N–H and O–H groups in total. The van der Waals surface area contributed by atoms with E-state index >= 15 is 0 Å². The van der Waals surface area contributed by atoms with E-state index in [0.717, 1.165) is 37.9 Å². The van der Waals surface area contributed by atoms with Crippen molar-refractivity contribution in [3.8, 4) is 11.8 Å². The molecule has 0 aromatic heterocycles. The van der Waals surface area contributed by atoms with Crippen molar-refractivity contribution >= 4 is 5.91 Å². The summed E-state index contributed by atoms with van der Waals surface area (Å²) in [6, 6.07) is 9.31. The number of ether oxygens (including phenoxy) is 1. The van der Waals surface area contributed by atoms with Gasteiger partial charge in [0, 0.05) is 5.56 Å². The van der Waals surface area contributed by atoms with E-state index in [1.54, 1.807) is 24.3 Å². The Morgan fingerprint density at radius 2 is 1.95 bits per heavy atom. The maximum Gasteiger partial charge on any atom is 0.252 e. The number of amides is 1.